The number of carbonyl (C=O) groups is 2. The standard InChI is InChI=1S/C24H34N4O2/c1-18(20-11-7-9-19-8-5-6-10-21(19)20)25-16-23(30)28-14-12-27(13-15-28)17-22(29)26-24(2,3)4/h5-11,18,25H,12-17H2,1-4H3,(H,26,29)/t18-/m0/s1. The normalized spacial score (nSPS) is 16.5. The fourth-order valence-electron chi connectivity index (χ4n) is 3.91. The van der Waals surface area contributed by atoms with Crippen molar-refractivity contribution in [2.24, 2.45) is 0 Å². The van der Waals surface area contributed by atoms with Crippen molar-refractivity contribution in [3.05, 3.63) is 48.0 Å². The molecule has 3 rings (SSSR count). The first-order chi connectivity index (χ1) is 14.2. The molecular formula is C24H34N4O2. The van der Waals surface area contributed by atoms with E-state index < -0.39 is 0 Å². The van der Waals surface area contributed by atoms with Crippen molar-refractivity contribution in [1.82, 2.24) is 20.4 Å². The zero-order valence-electron chi connectivity index (χ0n) is 18.6. The quantitative estimate of drug-likeness (QED) is 0.768. The van der Waals surface area contributed by atoms with Crippen LogP contribution in [-0.2, 0) is 9.59 Å². The molecule has 30 heavy (non-hydrogen) atoms. The minimum atomic E-state index is -0.221. The summed E-state index contributed by atoms with van der Waals surface area (Å²) < 4.78 is 0. The predicted molar refractivity (Wildman–Crippen MR) is 121 cm³/mol. The van der Waals surface area contributed by atoms with Crippen molar-refractivity contribution in [3.8, 4) is 0 Å². The molecule has 0 spiro atoms. The molecule has 0 aromatic heterocycles. The molecule has 162 valence electrons. The summed E-state index contributed by atoms with van der Waals surface area (Å²) in [4.78, 5) is 28.8. The van der Waals surface area contributed by atoms with Gasteiger partial charge in [-0.3, -0.25) is 14.5 Å². The van der Waals surface area contributed by atoms with Crippen LogP contribution in [-0.4, -0.2) is 66.4 Å². The number of nitrogens with zero attached hydrogens (tertiary/aromatic N) is 2. The van der Waals surface area contributed by atoms with Crippen LogP contribution in [0.3, 0.4) is 0 Å². The van der Waals surface area contributed by atoms with Gasteiger partial charge in [0.2, 0.25) is 11.8 Å². The molecule has 1 saturated heterocycles. The zero-order chi connectivity index (χ0) is 21.7. The van der Waals surface area contributed by atoms with Gasteiger partial charge in [0.1, 0.15) is 0 Å². The monoisotopic (exact) mass is 410 g/mol. The third kappa shape index (κ3) is 6.03. The van der Waals surface area contributed by atoms with Crippen LogP contribution in [0.5, 0.6) is 0 Å². The molecule has 0 unspecified atom stereocenters. The van der Waals surface area contributed by atoms with E-state index in [9.17, 15) is 9.59 Å². The molecular weight excluding hydrogens is 376 g/mol. The first-order valence-corrected chi connectivity index (χ1v) is 10.7. The van der Waals surface area contributed by atoms with Gasteiger partial charge in [-0.2, -0.15) is 0 Å². The molecule has 1 aliphatic heterocycles. The molecule has 2 amide bonds. The molecule has 1 heterocycles. The number of benzene rings is 2. The van der Waals surface area contributed by atoms with Gasteiger partial charge in [-0.25, -0.2) is 0 Å². The zero-order valence-corrected chi connectivity index (χ0v) is 18.6. The molecule has 1 aliphatic rings. The van der Waals surface area contributed by atoms with Crippen LogP contribution in [0.4, 0.5) is 0 Å². The van der Waals surface area contributed by atoms with E-state index in [2.05, 4.69) is 52.8 Å². The van der Waals surface area contributed by atoms with Gasteiger partial charge in [0.25, 0.3) is 0 Å². The summed E-state index contributed by atoms with van der Waals surface area (Å²) in [6.45, 7) is 11.5. The summed E-state index contributed by atoms with van der Waals surface area (Å²) in [5, 5.41) is 8.81. The first-order valence-electron chi connectivity index (χ1n) is 10.7. The Labute approximate surface area is 179 Å². The SMILES string of the molecule is C[C@H](NCC(=O)N1CCN(CC(=O)NC(C)(C)C)CC1)c1cccc2ccccc12. The smallest absolute Gasteiger partial charge is 0.236 e. The number of carbonyl (C=O) groups excluding carboxylic acids is 2. The second kappa shape index (κ2) is 9.58. The van der Waals surface area contributed by atoms with E-state index in [1.165, 1.54) is 16.3 Å². The van der Waals surface area contributed by atoms with E-state index >= 15 is 0 Å². The molecule has 0 saturated carbocycles. The average Bonchev–Trinajstić information content (AvgIpc) is 2.70. The van der Waals surface area contributed by atoms with Crippen LogP contribution in [0.2, 0.25) is 0 Å². The Morgan fingerprint density at radius 3 is 2.37 bits per heavy atom. The van der Waals surface area contributed by atoms with E-state index in [-0.39, 0.29) is 23.4 Å². The summed E-state index contributed by atoms with van der Waals surface area (Å²) in [5.41, 5.74) is 0.983. The molecule has 0 aliphatic carbocycles. The number of nitrogens with one attached hydrogen (secondary N) is 2. The van der Waals surface area contributed by atoms with Crippen molar-refractivity contribution in [1.29, 1.82) is 0 Å². The molecule has 2 aromatic rings. The Hall–Kier alpha value is -2.44. The molecule has 0 bridgehead atoms. The van der Waals surface area contributed by atoms with Crippen molar-refractivity contribution < 1.29 is 9.59 Å². The third-order valence-corrected chi connectivity index (χ3v) is 5.46. The lowest BCUT2D eigenvalue weighted by atomic mass is 10.00. The van der Waals surface area contributed by atoms with Crippen LogP contribution in [0.25, 0.3) is 10.8 Å². The molecule has 2 N–H and O–H groups in total. The Bertz CT molecular complexity index is 877. The highest BCUT2D eigenvalue weighted by Crippen LogP contribution is 2.23. The van der Waals surface area contributed by atoms with E-state index in [1.54, 1.807) is 0 Å². The first kappa shape index (κ1) is 22.2. The average molecular weight is 411 g/mol. The van der Waals surface area contributed by atoms with Crippen molar-refractivity contribution in [2.75, 3.05) is 39.3 Å². The van der Waals surface area contributed by atoms with E-state index in [0.717, 1.165) is 13.1 Å². The summed E-state index contributed by atoms with van der Waals surface area (Å²) >= 11 is 0. The second-order valence-electron chi connectivity index (χ2n) is 9.13. The summed E-state index contributed by atoms with van der Waals surface area (Å²) in [5.74, 6) is 0.147. The van der Waals surface area contributed by atoms with Crippen molar-refractivity contribution in [2.45, 2.75) is 39.3 Å². The predicted octanol–water partition coefficient (Wildman–Crippen LogP) is 2.55. The molecule has 1 fully saturated rings. The minimum Gasteiger partial charge on any atom is -0.350 e. The Kier molecular flexibility index (Phi) is 7.10. The van der Waals surface area contributed by atoms with Crippen LogP contribution in [0.1, 0.15) is 39.3 Å². The van der Waals surface area contributed by atoms with Gasteiger partial charge in [-0.15, -0.1) is 0 Å². The molecule has 6 nitrogen and oxygen atoms in total. The van der Waals surface area contributed by atoms with Gasteiger partial charge in [-0.05, 0) is 44.0 Å². The summed E-state index contributed by atoms with van der Waals surface area (Å²) in [7, 11) is 0. The summed E-state index contributed by atoms with van der Waals surface area (Å²) in [6, 6.07) is 14.7. The van der Waals surface area contributed by atoms with Crippen molar-refractivity contribution >= 4 is 22.6 Å². The van der Waals surface area contributed by atoms with E-state index in [4.69, 9.17) is 0 Å². The Balaban J connectivity index is 1.46. The summed E-state index contributed by atoms with van der Waals surface area (Å²) in [6.07, 6.45) is 0. The molecule has 0 radical (unpaired) electrons. The lowest BCUT2D eigenvalue weighted by Crippen LogP contribution is -2.54. The molecule has 1 atom stereocenters. The maximum atomic E-state index is 12.7. The fourth-order valence-corrected chi connectivity index (χ4v) is 3.91. The van der Waals surface area contributed by atoms with Crippen LogP contribution >= 0.6 is 0 Å². The van der Waals surface area contributed by atoms with Gasteiger partial charge in [0.15, 0.2) is 0 Å². The lowest BCUT2D eigenvalue weighted by Gasteiger charge is -2.35. The number of piperazine rings is 1. The highest BCUT2D eigenvalue weighted by molar-refractivity contribution is 5.86. The topological polar surface area (TPSA) is 64.7 Å². The number of hydrogen-bond donors (Lipinski definition) is 2. The molecule has 2 aromatic carbocycles. The number of rotatable bonds is 6. The van der Waals surface area contributed by atoms with Crippen molar-refractivity contribution in [3.63, 3.8) is 0 Å². The van der Waals surface area contributed by atoms with Crippen LogP contribution < -0.4 is 10.6 Å². The maximum absolute atomic E-state index is 12.7. The maximum Gasteiger partial charge on any atom is 0.236 e. The fraction of sp³-hybridized carbons (Fsp3) is 0.500. The van der Waals surface area contributed by atoms with Gasteiger partial charge in [0.05, 0.1) is 13.1 Å². The highest BCUT2D eigenvalue weighted by atomic mass is 16.2. The van der Waals surface area contributed by atoms with Gasteiger partial charge < -0.3 is 15.5 Å². The van der Waals surface area contributed by atoms with Gasteiger partial charge >= 0.3 is 0 Å². The minimum absolute atomic E-state index is 0.0351. The number of amides is 2. The van der Waals surface area contributed by atoms with Gasteiger partial charge in [-0.1, -0.05) is 42.5 Å². The second-order valence-corrected chi connectivity index (χ2v) is 9.13. The van der Waals surface area contributed by atoms with E-state index in [0.29, 0.717) is 26.2 Å². The van der Waals surface area contributed by atoms with Gasteiger partial charge in [0, 0.05) is 37.8 Å². The highest BCUT2D eigenvalue weighted by Gasteiger charge is 2.24. The number of fused-ring (bicyclic) bond motifs is 1. The van der Waals surface area contributed by atoms with Crippen LogP contribution in [0.15, 0.2) is 42.5 Å². The lowest BCUT2D eigenvalue weighted by molar-refractivity contribution is -0.132. The Morgan fingerprint density at radius 1 is 1.00 bits per heavy atom. The largest absolute Gasteiger partial charge is 0.350 e. The molecule has 6 heteroatoms. The van der Waals surface area contributed by atoms with E-state index in [1.807, 2.05) is 37.8 Å². The third-order valence-electron chi connectivity index (χ3n) is 5.46. The Morgan fingerprint density at radius 2 is 1.67 bits per heavy atom. The van der Waals surface area contributed by atoms with Crippen LogP contribution in [0, 0.1) is 0 Å². The number of hydrogen-bond acceptors (Lipinski definition) is 4.